The molecule has 0 aromatic carbocycles. The Labute approximate surface area is 81.8 Å². The van der Waals surface area contributed by atoms with Gasteiger partial charge in [0, 0.05) is 24.7 Å². The summed E-state index contributed by atoms with van der Waals surface area (Å²) in [5, 5.41) is 4.06. The van der Waals surface area contributed by atoms with Crippen LogP contribution >= 0.6 is 12.4 Å². The summed E-state index contributed by atoms with van der Waals surface area (Å²) in [4.78, 5) is 3.89. The van der Waals surface area contributed by atoms with E-state index in [1.807, 2.05) is 18.3 Å². The third kappa shape index (κ3) is 1.97. The lowest BCUT2D eigenvalue weighted by Gasteiger charge is -2.00. The van der Waals surface area contributed by atoms with Crippen molar-refractivity contribution in [3.05, 3.63) is 36.8 Å². The summed E-state index contributed by atoms with van der Waals surface area (Å²) in [6, 6.07) is 5.48. The molecule has 2 aromatic rings. The van der Waals surface area contributed by atoms with Crippen LogP contribution in [0.2, 0.25) is 0 Å². The van der Waals surface area contributed by atoms with Crippen molar-refractivity contribution in [2.24, 2.45) is 0 Å². The second-order valence-corrected chi connectivity index (χ2v) is 2.39. The third-order valence-electron chi connectivity index (χ3n) is 1.53. The molecule has 2 N–H and O–H groups in total. The Morgan fingerprint density at radius 3 is 2.77 bits per heavy atom. The number of hydrogen-bond donors (Lipinski definition) is 1. The number of aromatic nitrogens is 3. The van der Waals surface area contributed by atoms with Crippen molar-refractivity contribution in [1.29, 1.82) is 0 Å². The molecule has 0 saturated heterocycles. The molecule has 0 atom stereocenters. The lowest BCUT2D eigenvalue weighted by molar-refractivity contribution is 0.878. The van der Waals surface area contributed by atoms with Crippen molar-refractivity contribution in [3.8, 4) is 5.69 Å². The van der Waals surface area contributed by atoms with E-state index in [9.17, 15) is 0 Å². The molecule has 0 aliphatic heterocycles. The number of halogens is 1. The molecule has 2 heterocycles. The molecule has 0 bridgehead atoms. The van der Waals surface area contributed by atoms with Gasteiger partial charge < -0.3 is 5.73 Å². The first kappa shape index (κ1) is 9.54. The van der Waals surface area contributed by atoms with Gasteiger partial charge in [-0.1, -0.05) is 0 Å². The van der Waals surface area contributed by atoms with Crippen molar-refractivity contribution in [1.82, 2.24) is 14.8 Å². The summed E-state index contributed by atoms with van der Waals surface area (Å²) >= 11 is 0. The lowest BCUT2D eigenvalue weighted by Crippen LogP contribution is -1.96. The molecular formula is C8H9ClN4. The normalized spacial score (nSPS) is 9.23. The molecule has 0 spiro atoms. The smallest absolute Gasteiger partial charge is 0.125 e. The van der Waals surface area contributed by atoms with Crippen LogP contribution in [0.25, 0.3) is 5.69 Å². The average molecular weight is 197 g/mol. The van der Waals surface area contributed by atoms with Gasteiger partial charge in [-0.25, -0.2) is 9.67 Å². The first-order valence-electron chi connectivity index (χ1n) is 3.58. The van der Waals surface area contributed by atoms with Crippen molar-refractivity contribution < 1.29 is 0 Å². The second kappa shape index (κ2) is 3.91. The number of anilines is 1. The zero-order valence-electron chi connectivity index (χ0n) is 6.79. The Hall–Kier alpha value is -1.55. The molecule has 4 nitrogen and oxygen atoms in total. The van der Waals surface area contributed by atoms with Crippen LogP contribution in [-0.2, 0) is 0 Å². The Balaban J connectivity index is 0.000000845. The summed E-state index contributed by atoms with van der Waals surface area (Å²) in [7, 11) is 0. The second-order valence-electron chi connectivity index (χ2n) is 2.39. The van der Waals surface area contributed by atoms with E-state index < -0.39 is 0 Å². The van der Waals surface area contributed by atoms with Crippen LogP contribution in [0.4, 0.5) is 5.82 Å². The molecule has 0 radical (unpaired) electrons. The SMILES string of the molecule is Cl.Nc1cc(-n2cccn2)ccn1. The minimum absolute atomic E-state index is 0. The predicted octanol–water partition coefficient (Wildman–Crippen LogP) is 1.27. The van der Waals surface area contributed by atoms with E-state index in [0.29, 0.717) is 5.82 Å². The van der Waals surface area contributed by atoms with Gasteiger partial charge >= 0.3 is 0 Å². The van der Waals surface area contributed by atoms with E-state index in [0.717, 1.165) is 5.69 Å². The minimum atomic E-state index is 0. The van der Waals surface area contributed by atoms with Crippen molar-refractivity contribution in [3.63, 3.8) is 0 Å². The van der Waals surface area contributed by atoms with Crippen LogP contribution in [-0.4, -0.2) is 14.8 Å². The van der Waals surface area contributed by atoms with Gasteiger partial charge in [-0.05, 0) is 12.1 Å². The number of nitrogens with two attached hydrogens (primary N) is 1. The standard InChI is InChI=1S/C8H8N4.ClH/c9-8-6-7(2-4-10-8)12-5-1-3-11-12;/h1-6H,(H2,9,10);1H. The quantitative estimate of drug-likeness (QED) is 0.748. The molecule has 2 rings (SSSR count). The maximum absolute atomic E-state index is 5.51. The fourth-order valence-electron chi connectivity index (χ4n) is 1.00. The zero-order valence-corrected chi connectivity index (χ0v) is 7.61. The maximum Gasteiger partial charge on any atom is 0.125 e. The lowest BCUT2D eigenvalue weighted by atomic mass is 10.4. The average Bonchev–Trinajstić information content (AvgIpc) is 2.56. The minimum Gasteiger partial charge on any atom is -0.384 e. The number of pyridine rings is 1. The summed E-state index contributed by atoms with van der Waals surface area (Å²) in [6.07, 6.45) is 5.23. The molecule has 68 valence electrons. The number of nitrogens with zero attached hydrogens (tertiary/aromatic N) is 3. The molecule has 2 aromatic heterocycles. The predicted molar refractivity (Wildman–Crippen MR) is 53.0 cm³/mol. The number of nitrogen functional groups attached to an aromatic ring is 1. The molecule has 0 unspecified atom stereocenters. The number of hydrogen-bond acceptors (Lipinski definition) is 3. The topological polar surface area (TPSA) is 56.7 Å². The summed E-state index contributed by atoms with van der Waals surface area (Å²) in [5.41, 5.74) is 6.44. The summed E-state index contributed by atoms with van der Waals surface area (Å²) < 4.78 is 1.73. The maximum atomic E-state index is 5.51. The van der Waals surface area contributed by atoms with Crippen molar-refractivity contribution in [2.45, 2.75) is 0 Å². The van der Waals surface area contributed by atoms with E-state index in [1.165, 1.54) is 0 Å². The van der Waals surface area contributed by atoms with Crippen molar-refractivity contribution in [2.75, 3.05) is 5.73 Å². The Morgan fingerprint density at radius 1 is 1.31 bits per heavy atom. The first-order valence-corrected chi connectivity index (χ1v) is 3.58. The van der Waals surface area contributed by atoms with Gasteiger partial charge in [0.2, 0.25) is 0 Å². The van der Waals surface area contributed by atoms with Crippen LogP contribution in [0.1, 0.15) is 0 Å². The Kier molecular flexibility index (Phi) is 2.87. The van der Waals surface area contributed by atoms with E-state index in [4.69, 9.17) is 5.73 Å². The van der Waals surface area contributed by atoms with Gasteiger partial charge in [0.05, 0.1) is 5.69 Å². The summed E-state index contributed by atoms with van der Waals surface area (Å²) in [5.74, 6) is 0.503. The highest BCUT2D eigenvalue weighted by Crippen LogP contribution is 2.06. The van der Waals surface area contributed by atoms with E-state index in [1.54, 1.807) is 23.1 Å². The van der Waals surface area contributed by atoms with Gasteiger partial charge in [-0.3, -0.25) is 0 Å². The van der Waals surface area contributed by atoms with Gasteiger partial charge in [-0.15, -0.1) is 12.4 Å². The van der Waals surface area contributed by atoms with E-state index in [2.05, 4.69) is 10.1 Å². The molecule has 5 heteroatoms. The first-order chi connectivity index (χ1) is 5.86. The fourth-order valence-corrected chi connectivity index (χ4v) is 1.00. The Morgan fingerprint density at radius 2 is 2.15 bits per heavy atom. The van der Waals surface area contributed by atoms with Crippen LogP contribution in [0.5, 0.6) is 0 Å². The molecular weight excluding hydrogens is 188 g/mol. The van der Waals surface area contributed by atoms with Crippen molar-refractivity contribution >= 4 is 18.2 Å². The van der Waals surface area contributed by atoms with Gasteiger partial charge in [0.25, 0.3) is 0 Å². The number of rotatable bonds is 1. The van der Waals surface area contributed by atoms with Crippen LogP contribution < -0.4 is 5.73 Å². The van der Waals surface area contributed by atoms with Crippen LogP contribution in [0.15, 0.2) is 36.8 Å². The molecule has 0 fully saturated rings. The van der Waals surface area contributed by atoms with Gasteiger partial charge in [-0.2, -0.15) is 5.10 Å². The molecule has 0 saturated carbocycles. The van der Waals surface area contributed by atoms with E-state index in [-0.39, 0.29) is 12.4 Å². The third-order valence-corrected chi connectivity index (χ3v) is 1.53. The highest BCUT2D eigenvalue weighted by atomic mass is 35.5. The van der Waals surface area contributed by atoms with Crippen LogP contribution in [0.3, 0.4) is 0 Å². The monoisotopic (exact) mass is 196 g/mol. The van der Waals surface area contributed by atoms with Gasteiger partial charge in [0.1, 0.15) is 5.82 Å². The summed E-state index contributed by atoms with van der Waals surface area (Å²) in [6.45, 7) is 0. The zero-order chi connectivity index (χ0) is 8.39. The Bertz CT molecular complexity index is 371. The van der Waals surface area contributed by atoms with Crippen LogP contribution in [0, 0.1) is 0 Å². The molecule has 0 amide bonds. The highest BCUT2D eigenvalue weighted by Gasteiger charge is 1.95. The highest BCUT2D eigenvalue weighted by molar-refractivity contribution is 5.85. The molecule has 13 heavy (non-hydrogen) atoms. The molecule has 0 aliphatic carbocycles. The van der Waals surface area contributed by atoms with E-state index >= 15 is 0 Å². The largest absolute Gasteiger partial charge is 0.384 e. The molecule has 0 aliphatic rings. The van der Waals surface area contributed by atoms with Gasteiger partial charge in [0.15, 0.2) is 0 Å². The fraction of sp³-hybridized carbons (Fsp3) is 0.